The van der Waals surface area contributed by atoms with E-state index in [9.17, 15) is 0 Å². The predicted molar refractivity (Wildman–Crippen MR) is 83.5 cm³/mol. The molecule has 4 nitrogen and oxygen atoms in total. The minimum atomic E-state index is 0.855. The van der Waals surface area contributed by atoms with Crippen molar-refractivity contribution >= 4 is 11.0 Å². The zero-order chi connectivity index (χ0) is 15.1. The minimum absolute atomic E-state index is 0.855. The number of imidazole rings is 1. The average molecular weight is 289 g/mol. The molecule has 3 aromatic heterocycles. The highest BCUT2D eigenvalue weighted by molar-refractivity contribution is 5.86. The number of rotatable bonds is 2. The number of hydrogen-bond acceptors (Lipinski definition) is 2. The monoisotopic (exact) mass is 289 g/mol. The normalized spacial score (nSPS) is 11.2. The average Bonchev–Trinajstić information content (AvgIpc) is 3.09. The van der Waals surface area contributed by atoms with E-state index in [2.05, 4.69) is 24.2 Å². The van der Waals surface area contributed by atoms with Gasteiger partial charge in [0.2, 0.25) is 5.82 Å². The summed E-state index contributed by atoms with van der Waals surface area (Å²) < 4.78 is 10.1. The summed E-state index contributed by atoms with van der Waals surface area (Å²) >= 11 is 0. The quantitative estimate of drug-likeness (QED) is 0.419. The summed E-state index contributed by atoms with van der Waals surface area (Å²) in [4.78, 5) is 4.19. The van der Waals surface area contributed by atoms with Crippen molar-refractivity contribution in [1.29, 1.82) is 0 Å². The lowest BCUT2D eigenvalue weighted by atomic mass is 10.1. The van der Waals surface area contributed by atoms with Crippen LogP contribution in [0, 0.1) is 13.1 Å². The van der Waals surface area contributed by atoms with Crippen molar-refractivity contribution in [3.05, 3.63) is 66.7 Å². The van der Waals surface area contributed by atoms with Crippen LogP contribution >= 0.6 is 0 Å². The third-order valence-electron chi connectivity index (χ3n) is 3.88. The van der Waals surface area contributed by atoms with E-state index in [1.807, 2.05) is 58.9 Å². The topological polar surface area (TPSA) is 34.8 Å². The molecule has 0 atom stereocenters. The number of aromatic nitrogens is 3. The van der Waals surface area contributed by atoms with Crippen LogP contribution < -0.4 is 4.57 Å². The van der Waals surface area contributed by atoms with Crippen LogP contribution in [0.4, 0.5) is 0 Å². The SMILES string of the molecule is Cc1c(-c2n(C)c[c-][n+]2-c2cccnc2)oc2ccccc12. The molecular formula is C18H15N3O. The fourth-order valence-corrected chi connectivity index (χ4v) is 2.76. The molecule has 3 heterocycles. The van der Waals surface area contributed by atoms with Gasteiger partial charge in [-0.15, -0.1) is 0 Å². The van der Waals surface area contributed by atoms with Gasteiger partial charge in [0, 0.05) is 23.5 Å². The van der Waals surface area contributed by atoms with Crippen molar-refractivity contribution in [2.75, 3.05) is 0 Å². The van der Waals surface area contributed by atoms with Crippen LogP contribution in [-0.2, 0) is 7.05 Å². The fraction of sp³-hybridized carbons (Fsp3) is 0.111. The molecule has 22 heavy (non-hydrogen) atoms. The Balaban J connectivity index is 2.00. The van der Waals surface area contributed by atoms with E-state index < -0.39 is 0 Å². The van der Waals surface area contributed by atoms with Crippen molar-refractivity contribution in [3.63, 3.8) is 0 Å². The molecule has 0 fully saturated rings. The van der Waals surface area contributed by atoms with Crippen molar-refractivity contribution in [2.24, 2.45) is 7.05 Å². The Labute approximate surface area is 128 Å². The first kappa shape index (κ1) is 12.8. The third kappa shape index (κ3) is 1.84. The van der Waals surface area contributed by atoms with Gasteiger partial charge in [0.25, 0.3) is 0 Å². The van der Waals surface area contributed by atoms with E-state index in [1.54, 1.807) is 6.20 Å². The molecule has 0 aliphatic heterocycles. The molecule has 0 spiro atoms. The van der Waals surface area contributed by atoms with Crippen molar-refractivity contribution in [2.45, 2.75) is 6.92 Å². The van der Waals surface area contributed by atoms with Crippen LogP contribution in [0.1, 0.15) is 5.56 Å². The molecule has 0 aliphatic rings. The lowest BCUT2D eigenvalue weighted by Gasteiger charge is -2.09. The Morgan fingerprint density at radius 3 is 2.82 bits per heavy atom. The van der Waals surface area contributed by atoms with Gasteiger partial charge >= 0.3 is 0 Å². The molecule has 1 aromatic carbocycles. The van der Waals surface area contributed by atoms with Gasteiger partial charge in [-0.05, 0) is 18.6 Å². The van der Waals surface area contributed by atoms with Gasteiger partial charge in [0.15, 0.2) is 5.76 Å². The fourth-order valence-electron chi connectivity index (χ4n) is 2.76. The van der Waals surface area contributed by atoms with Crippen LogP contribution in [0.5, 0.6) is 0 Å². The molecule has 4 aromatic rings. The molecular weight excluding hydrogens is 274 g/mol. The molecule has 108 valence electrons. The highest BCUT2D eigenvalue weighted by atomic mass is 16.3. The number of para-hydroxylation sites is 1. The Kier molecular flexibility index (Phi) is 2.82. The van der Waals surface area contributed by atoms with Crippen LogP contribution in [0.3, 0.4) is 0 Å². The second-order valence-corrected chi connectivity index (χ2v) is 5.29. The summed E-state index contributed by atoms with van der Waals surface area (Å²) in [6, 6.07) is 12.0. The van der Waals surface area contributed by atoms with Crippen molar-refractivity contribution in [3.8, 4) is 17.3 Å². The first-order chi connectivity index (χ1) is 10.8. The standard InChI is InChI=1S/C18H15N3O/c1-13-15-7-3-4-8-16(15)22-17(13)18-20(2)10-11-21(18)14-6-5-9-19-12-14/h3-10,12H,1-2H3. The van der Waals surface area contributed by atoms with Gasteiger partial charge in [0.1, 0.15) is 5.58 Å². The summed E-state index contributed by atoms with van der Waals surface area (Å²) in [7, 11) is 1.99. The molecule has 0 radical (unpaired) electrons. The highest BCUT2D eigenvalue weighted by Crippen LogP contribution is 2.31. The van der Waals surface area contributed by atoms with E-state index in [-0.39, 0.29) is 0 Å². The Morgan fingerprint density at radius 1 is 1.18 bits per heavy atom. The molecule has 0 bridgehead atoms. The number of benzene rings is 1. The van der Waals surface area contributed by atoms with Crippen LogP contribution in [-0.4, -0.2) is 9.55 Å². The zero-order valence-corrected chi connectivity index (χ0v) is 12.4. The van der Waals surface area contributed by atoms with E-state index in [1.165, 1.54) is 0 Å². The number of furan rings is 1. The second-order valence-electron chi connectivity index (χ2n) is 5.29. The summed E-state index contributed by atoms with van der Waals surface area (Å²) in [6.45, 7) is 2.09. The number of nitrogens with zero attached hydrogens (tertiary/aromatic N) is 3. The summed E-state index contributed by atoms with van der Waals surface area (Å²) in [5, 5.41) is 1.14. The molecule has 0 aliphatic carbocycles. The summed E-state index contributed by atoms with van der Waals surface area (Å²) in [5.74, 6) is 1.80. The number of pyridine rings is 1. The summed E-state index contributed by atoms with van der Waals surface area (Å²) in [6.07, 6.45) is 8.72. The smallest absolute Gasteiger partial charge is 0.221 e. The Hall–Kier alpha value is -2.88. The van der Waals surface area contributed by atoms with Gasteiger partial charge in [-0.3, -0.25) is 9.55 Å². The van der Waals surface area contributed by atoms with Crippen molar-refractivity contribution < 1.29 is 8.98 Å². The van der Waals surface area contributed by atoms with Crippen LogP contribution in [0.25, 0.3) is 28.2 Å². The molecule has 4 rings (SSSR count). The molecule has 0 N–H and O–H groups in total. The van der Waals surface area contributed by atoms with Gasteiger partial charge in [0.05, 0.1) is 19.4 Å². The Morgan fingerprint density at radius 2 is 2.05 bits per heavy atom. The van der Waals surface area contributed by atoms with Gasteiger partial charge < -0.3 is 8.98 Å². The largest absolute Gasteiger partial charge is 0.461 e. The van der Waals surface area contributed by atoms with E-state index in [0.29, 0.717) is 0 Å². The van der Waals surface area contributed by atoms with E-state index in [4.69, 9.17) is 4.42 Å². The number of hydrogen-bond donors (Lipinski definition) is 0. The molecule has 0 unspecified atom stereocenters. The minimum Gasteiger partial charge on any atom is -0.461 e. The van der Waals surface area contributed by atoms with Crippen LogP contribution in [0.2, 0.25) is 0 Å². The van der Waals surface area contributed by atoms with Gasteiger partial charge in [-0.1, -0.05) is 30.3 Å². The second kappa shape index (κ2) is 4.84. The number of fused-ring (bicyclic) bond motifs is 1. The van der Waals surface area contributed by atoms with Gasteiger partial charge in [-0.2, -0.15) is 0 Å². The highest BCUT2D eigenvalue weighted by Gasteiger charge is 2.19. The third-order valence-corrected chi connectivity index (χ3v) is 3.88. The zero-order valence-electron chi connectivity index (χ0n) is 12.4. The van der Waals surface area contributed by atoms with Crippen LogP contribution in [0.15, 0.2) is 59.4 Å². The maximum atomic E-state index is 6.10. The molecule has 0 amide bonds. The predicted octanol–water partition coefficient (Wildman–Crippen LogP) is 3.22. The molecule has 4 heteroatoms. The summed E-state index contributed by atoms with van der Waals surface area (Å²) in [5.41, 5.74) is 2.98. The lowest BCUT2D eigenvalue weighted by Crippen LogP contribution is -2.32. The lowest BCUT2D eigenvalue weighted by molar-refractivity contribution is -0.588. The van der Waals surface area contributed by atoms with E-state index in [0.717, 1.165) is 33.8 Å². The van der Waals surface area contributed by atoms with E-state index >= 15 is 0 Å². The first-order valence-corrected chi connectivity index (χ1v) is 7.13. The Bertz CT molecular complexity index is 951. The van der Waals surface area contributed by atoms with Crippen molar-refractivity contribution in [1.82, 2.24) is 9.55 Å². The first-order valence-electron chi connectivity index (χ1n) is 7.13. The molecule has 0 saturated heterocycles. The number of aryl methyl sites for hydroxylation is 2. The maximum absolute atomic E-state index is 6.10. The van der Waals surface area contributed by atoms with Gasteiger partial charge in [-0.25, -0.2) is 0 Å². The maximum Gasteiger partial charge on any atom is 0.221 e. The molecule has 0 saturated carbocycles.